The van der Waals surface area contributed by atoms with E-state index in [1.807, 2.05) is 33.1 Å². The molecule has 0 aromatic carbocycles. The third kappa shape index (κ3) is 9.30. The molecule has 0 unspecified atom stereocenters. The number of esters is 1. The van der Waals surface area contributed by atoms with Crippen LogP contribution in [0.25, 0.3) is 0 Å². The second kappa shape index (κ2) is 12.0. The topological polar surface area (TPSA) is 78.0 Å². The van der Waals surface area contributed by atoms with E-state index in [0.717, 1.165) is 10.7 Å². The van der Waals surface area contributed by atoms with Crippen LogP contribution in [-0.4, -0.2) is 48.5 Å². The number of rotatable bonds is 10. The van der Waals surface area contributed by atoms with Crippen LogP contribution in [0.1, 0.15) is 92.5 Å². The number of hydrogen-bond acceptors (Lipinski definition) is 7. The van der Waals surface area contributed by atoms with Crippen molar-refractivity contribution < 1.29 is 23.5 Å². The standard InChI is InChI=1S/C25H46N2O5SSi/c1-13-27(23(29)32-24(5,6)7)20(17(2)3)14-21(31-18(4)28)22-26-19(16-33-22)15-30-34(11,12)25(8,9)10/h16-17,20-21H,13-15H2,1-12H3/t20-,21-/m1/s1. The van der Waals surface area contributed by atoms with Crippen molar-refractivity contribution >= 4 is 31.7 Å². The lowest BCUT2D eigenvalue weighted by Gasteiger charge is -2.36. The molecule has 7 nitrogen and oxygen atoms in total. The fraction of sp³-hybridized carbons (Fsp3) is 0.800. The van der Waals surface area contributed by atoms with Gasteiger partial charge in [-0.15, -0.1) is 11.3 Å². The minimum Gasteiger partial charge on any atom is -0.455 e. The van der Waals surface area contributed by atoms with Gasteiger partial charge in [-0.2, -0.15) is 0 Å². The first-order chi connectivity index (χ1) is 15.4. The number of thiazole rings is 1. The summed E-state index contributed by atoms with van der Waals surface area (Å²) in [6.45, 7) is 25.0. The van der Waals surface area contributed by atoms with Crippen molar-refractivity contribution in [1.29, 1.82) is 0 Å². The second-order valence-corrected chi connectivity index (χ2v) is 17.3. The highest BCUT2D eigenvalue weighted by Gasteiger charge is 2.37. The Morgan fingerprint density at radius 1 is 1.15 bits per heavy atom. The van der Waals surface area contributed by atoms with Crippen molar-refractivity contribution in [3.63, 3.8) is 0 Å². The molecule has 0 aliphatic heterocycles. The van der Waals surface area contributed by atoms with Gasteiger partial charge in [-0.25, -0.2) is 9.78 Å². The second-order valence-electron chi connectivity index (χ2n) is 11.6. The van der Waals surface area contributed by atoms with E-state index in [1.165, 1.54) is 18.3 Å². The molecule has 196 valence electrons. The first kappa shape index (κ1) is 30.6. The summed E-state index contributed by atoms with van der Waals surface area (Å²) in [4.78, 5) is 31.3. The van der Waals surface area contributed by atoms with E-state index in [0.29, 0.717) is 19.6 Å². The van der Waals surface area contributed by atoms with Crippen LogP contribution in [0.5, 0.6) is 0 Å². The molecular formula is C25H46N2O5SSi. The lowest BCUT2D eigenvalue weighted by Crippen LogP contribution is -2.46. The van der Waals surface area contributed by atoms with Gasteiger partial charge in [-0.3, -0.25) is 4.79 Å². The molecule has 1 amide bonds. The van der Waals surface area contributed by atoms with Gasteiger partial charge in [0, 0.05) is 31.3 Å². The summed E-state index contributed by atoms with van der Waals surface area (Å²) in [5.74, 6) is -0.242. The largest absolute Gasteiger partial charge is 0.455 e. The van der Waals surface area contributed by atoms with Crippen LogP contribution >= 0.6 is 11.3 Å². The Morgan fingerprint density at radius 2 is 1.74 bits per heavy atom. The molecule has 1 aromatic heterocycles. The fourth-order valence-electron chi connectivity index (χ4n) is 3.21. The maximum atomic E-state index is 12.9. The summed E-state index contributed by atoms with van der Waals surface area (Å²) >= 11 is 1.46. The molecule has 2 atom stereocenters. The van der Waals surface area contributed by atoms with Crippen LogP contribution in [0.4, 0.5) is 4.79 Å². The number of carbonyl (C=O) groups is 2. The molecule has 0 fully saturated rings. The van der Waals surface area contributed by atoms with Crippen LogP contribution < -0.4 is 0 Å². The molecule has 0 saturated heterocycles. The average molecular weight is 515 g/mol. The van der Waals surface area contributed by atoms with E-state index >= 15 is 0 Å². The van der Waals surface area contributed by atoms with Crippen LogP contribution in [0, 0.1) is 5.92 Å². The number of ether oxygens (including phenoxy) is 2. The number of amides is 1. The quantitative estimate of drug-likeness (QED) is 0.248. The number of carbonyl (C=O) groups excluding carboxylic acids is 2. The van der Waals surface area contributed by atoms with Crippen molar-refractivity contribution in [2.24, 2.45) is 5.92 Å². The van der Waals surface area contributed by atoms with Crippen molar-refractivity contribution in [2.45, 2.75) is 118 Å². The van der Waals surface area contributed by atoms with Crippen molar-refractivity contribution in [3.8, 4) is 0 Å². The van der Waals surface area contributed by atoms with Crippen LogP contribution in [-0.2, 0) is 25.3 Å². The first-order valence-corrected chi connectivity index (χ1v) is 15.9. The van der Waals surface area contributed by atoms with Gasteiger partial charge in [0.25, 0.3) is 0 Å². The lowest BCUT2D eigenvalue weighted by molar-refractivity contribution is -0.147. The highest BCUT2D eigenvalue weighted by atomic mass is 32.1. The molecule has 0 spiro atoms. The number of nitrogens with zero attached hydrogens (tertiary/aromatic N) is 2. The highest BCUT2D eigenvalue weighted by molar-refractivity contribution is 7.09. The van der Waals surface area contributed by atoms with E-state index in [-0.39, 0.29) is 29.1 Å². The molecule has 0 N–H and O–H groups in total. The fourth-order valence-corrected chi connectivity index (χ4v) is 4.99. The number of aromatic nitrogens is 1. The molecule has 0 radical (unpaired) electrons. The van der Waals surface area contributed by atoms with Crippen molar-refractivity contribution in [2.75, 3.05) is 6.54 Å². The van der Waals surface area contributed by atoms with E-state index in [2.05, 4.69) is 47.7 Å². The van der Waals surface area contributed by atoms with Crippen LogP contribution in [0.15, 0.2) is 5.38 Å². The summed E-state index contributed by atoms with van der Waals surface area (Å²) < 4.78 is 17.7. The molecule has 1 heterocycles. The van der Waals surface area contributed by atoms with Crippen molar-refractivity contribution in [3.05, 3.63) is 16.1 Å². The first-order valence-electron chi connectivity index (χ1n) is 12.1. The Balaban J connectivity index is 3.12. The zero-order chi connectivity index (χ0) is 26.5. The molecule has 0 aliphatic carbocycles. The lowest BCUT2D eigenvalue weighted by atomic mass is 9.96. The molecule has 1 aromatic rings. The Bertz CT molecular complexity index is 811. The Kier molecular flexibility index (Phi) is 10.8. The van der Waals surface area contributed by atoms with E-state index in [4.69, 9.17) is 18.9 Å². The van der Waals surface area contributed by atoms with Gasteiger partial charge in [0.1, 0.15) is 10.6 Å². The Hall–Kier alpha value is -1.45. The van der Waals surface area contributed by atoms with Crippen molar-refractivity contribution in [1.82, 2.24) is 9.88 Å². The van der Waals surface area contributed by atoms with Gasteiger partial charge < -0.3 is 18.8 Å². The van der Waals surface area contributed by atoms with E-state index in [1.54, 1.807) is 4.90 Å². The molecule has 9 heteroatoms. The Labute approximate surface area is 211 Å². The summed E-state index contributed by atoms with van der Waals surface area (Å²) in [5, 5.41) is 2.80. The zero-order valence-corrected chi connectivity index (χ0v) is 25.1. The van der Waals surface area contributed by atoms with Gasteiger partial charge in [0.15, 0.2) is 14.4 Å². The monoisotopic (exact) mass is 514 g/mol. The minimum absolute atomic E-state index is 0.113. The third-order valence-corrected chi connectivity index (χ3v) is 11.6. The molecule has 1 rings (SSSR count). The van der Waals surface area contributed by atoms with Gasteiger partial charge >= 0.3 is 12.1 Å². The summed E-state index contributed by atoms with van der Waals surface area (Å²) in [6, 6.07) is -0.181. The van der Waals surface area contributed by atoms with Crippen LogP contribution in [0.2, 0.25) is 18.1 Å². The van der Waals surface area contributed by atoms with E-state index < -0.39 is 20.0 Å². The summed E-state index contributed by atoms with van der Waals surface area (Å²) in [7, 11) is -1.90. The third-order valence-electron chi connectivity index (χ3n) is 6.13. The molecule has 0 aliphatic rings. The summed E-state index contributed by atoms with van der Waals surface area (Å²) in [6.07, 6.45) is -0.466. The van der Waals surface area contributed by atoms with Gasteiger partial charge in [-0.1, -0.05) is 34.6 Å². The van der Waals surface area contributed by atoms with Gasteiger partial charge in [0.05, 0.1) is 12.3 Å². The predicted molar refractivity (Wildman–Crippen MR) is 140 cm³/mol. The average Bonchev–Trinajstić information content (AvgIpc) is 3.11. The molecule has 0 saturated carbocycles. The van der Waals surface area contributed by atoms with E-state index in [9.17, 15) is 9.59 Å². The normalized spacial score (nSPS) is 14.6. The smallest absolute Gasteiger partial charge is 0.410 e. The predicted octanol–water partition coefficient (Wildman–Crippen LogP) is 6.94. The maximum absolute atomic E-state index is 12.9. The minimum atomic E-state index is -1.90. The molecule has 0 bridgehead atoms. The molecule has 34 heavy (non-hydrogen) atoms. The van der Waals surface area contributed by atoms with Gasteiger partial charge in [-0.05, 0) is 51.7 Å². The summed E-state index contributed by atoms with van der Waals surface area (Å²) in [5.41, 5.74) is 0.248. The van der Waals surface area contributed by atoms with Crippen LogP contribution in [0.3, 0.4) is 0 Å². The molecular weight excluding hydrogens is 468 g/mol. The SMILES string of the molecule is CCN(C(=O)OC(C)(C)C)[C@H](C[C@@H](OC(C)=O)c1nc(CO[Si](C)(C)C(C)(C)C)cs1)C(C)C. The maximum Gasteiger partial charge on any atom is 0.410 e. The van der Waals surface area contributed by atoms with Gasteiger partial charge in [0.2, 0.25) is 0 Å². The Morgan fingerprint density at radius 3 is 2.18 bits per heavy atom. The number of hydrogen-bond donors (Lipinski definition) is 0. The zero-order valence-electron chi connectivity index (χ0n) is 23.3. The highest BCUT2D eigenvalue weighted by Crippen LogP contribution is 2.37.